The summed E-state index contributed by atoms with van der Waals surface area (Å²) in [6.45, 7) is 5.96. The molecule has 1 N–H and O–H groups in total. The number of hydrogen-bond donors (Lipinski definition) is 1. The number of nitrogens with one attached hydrogen (secondary N) is 1. The second kappa shape index (κ2) is 9.25. The fourth-order valence-electron chi connectivity index (χ4n) is 3.76. The summed E-state index contributed by atoms with van der Waals surface area (Å²) in [4.78, 5) is 17.0. The molecular weight excluding hydrogens is 427 g/mol. The van der Waals surface area contributed by atoms with Gasteiger partial charge in [-0.25, -0.2) is 0 Å². The van der Waals surface area contributed by atoms with Gasteiger partial charge in [0.15, 0.2) is 11.5 Å². The summed E-state index contributed by atoms with van der Waals surface area (Å²) in [6, 6.07) is 10.7. The minimum atomic E-state index is -4.75. The van der Waals surface area contributed by atoms with Crippen molar-refractivity contribution in [2.45, 2.75) is 25.9 Å². The maximum absolute atomic E-state index is 12.6. The Morgan fingerprint density at radius 3 is 2.44 bits per heavy atom. The summed E-state index contributed by atoms with van der Waals surface area (Å²) in [5.74, 6) is 0.992. The van der Waals surface area contributed by atoms with Crippen molar-refractivity contribution in [2.75, 3.05) is 38.3 Å². The fraction of sp³-hybridized carbons (Fsp3) is 0.409. The van der Waals surface area contributed by atoms with Gasteiger partial charge >= 0.3 is 6.36 Å². The van der Waals surface area contributed by atoms with E-state index < -0.39 is 6.36 Å². The summed E-state index contributed by atoms with van der Waals surface area (Å²) in [5.41, 5.74) is 1.56. The average Bonchev–Trinajstić information content (AvgIpc) is 3.22. The average molecular weight is 451 g/mol. The summed E-state index contributed by atoms with van der Waals surface area (Å²) >= 11 is 0. The zero-order valence-electron chi connectivity index (χ0n) is 17.5. The molecule has 0 saturated carbocycles. The van der Waals surface area contributed by atoms with E-state index >= 15 is 0 Å². The molecule has 2 aliphatic heterocycles. The maximum atomic E-state index is 12.6. The molecule has 0 aliphatic carbocycles. The second-order valence-electron chi connectivity index (χ2n) is 7.74. The van der Waals surface area contributed by atoms with Crippen LogP contribution in [0.4, 0.5) is 18.9 Å². The van der Waals surface area contributed by atoms with Crippen molar-refractivity contribution in [1.82, 2.24) is 9.80 Å². The third-order valence-electron chi connectivity index (χ3n) is 5.53. The van der Waals surface area contributed by atoms with Crippen molar-refractivity contribution in [2.24, 2.45) is 0 Å². The number of benzene rings is 2. The van der Waals surface area contributed by atoms with E-state index in [9.17, 15) is 18.0 Å². The van der Waals surface area contributed by atoms with E-state index in [0.29, 0.717) is 5.69 Å². The Bertz CT molecular complexity index is 944. The number of carbonyl (C=O) groups is 1. The van der Waals surface area contributed by atoms with E-state index in [-0.39, 0.29) is 24.5 Å². The van der Waals surface area contributed by atoms with Gasteiger partial charge < -0.3 is 19.5 Å². The number of nitrogens with zero attached hydrogens (tertiary/aromatic N) is 2. The van der Waals surface area contributed by atoms with Crippen LogP contribution in [-0.2, 0) is 11.3 Å². The Morgan fingerprint density at radius 2 is 1.75 bits per heavy atom. The molecule has 172 valence electrons. The molecule has 2 aromatic rings. The summed E-state index contributed by atoms with van der Waals surface area (Å²) in [7, 11) is 0. The largest absolute Gasteiger partial charge is 0.573 e. The van der Waals surface area contributed by atoms with Crippen molar-refractivity contribution in [3.63, 3.8) is 0 Å². The number of hydrogen-bond acceptors (Lipinski definition) is 6. The van der Waals surface area contributed by atoms with Crippen molar-refractivity contribution in [3.05, 3.63) is 48.0 Å². The van der Waals surface area contributed by atoms with Crippen LogP contribution in [0.2, 0.25) is 0 Å². The van der Waals surface area contributed by atoms with Crippen LogP contribution >= 0.6 is 0 Å². The van der Waals surface area contributed by atoms with Gasteiger partial charge in [-0.1, -0.05) is 6.07 Å². The second-order valence-corrected chi connectivity index (χ2v) is 7.74. The van der Waals surface area contributed by atoms with Gasteiger partial charge in [-0.05, 0) is 48.9 Å². The molecule has 2 aromatic carbocycles. The van der Waals surface area contributed by atoms with Crippen LogP contribution in [0.3, 0.4) is 0 Å². The number of amides is 1. The van der Waals surface area contributed by atoms with E-state index in [0.717, 1.165) is 49.8 Å². The Hall–Kier alpha value is -2.98. The first-order valence-electron chi connectivity index (χ1n) is 10.3. The SMILES string of the molecule is CC(C(=O)Nc1ccc(OC(F)(F)F)cc1)N1CCN(Cc2ccc3c(c2)OCO3)CC1. The van der Waals surface area contributed by atoms with Crippen molar-refractivity contribution in [1.29, 1.82) is 0 Å². The molecule has 2 heterocycles. The number of rotatable bonds is 6. The van der Waals surface area contributed by atoms with Crippen LogP contribution in [0, 0.1) is 0 Å². The molecule has 1 unspecified atom stereocenters. The Balaban J connectivity index is 1.24. The Kier molecular flexibility index (Phi) is 6.43. The molecule has 0 bridgehead atoms. The van der Waals surface area contributed by atoms with Crippen LogP contribution in [0.5, 0.6) is 17.2 Å². The van der Waals surface area contributed by atoms with Gasteiger partial charge in [0, 0.05) is 38.4 Å². The van der Waals surface area contributed by atoms with Gasteiger partial charge in [-0.2, -0.15) is 0 Å². The van der Waals surface area contributed by atoms with Gasteiger partial charge in [0.25, 0.3) is 0 Å². The monoisotopic (exact) mass is 451 g/mol. The quantitative estimate of drug-likeness (QED) is 0.726. The summed E-state index contributed by atoms with van der Waals surface area (Å²) in [5, 5.41) is 2.75. The highest BCUT2D eigenvalue weighted by Gasteiger charge is 2.31. The van der Waals surface area contributed by atoms with Crippen molar-refractivity contribution >= 4 is 11.6 Å². The number of carbonyl (C=O) groups excluding carboxylic acids is 1. The van der Waals surface area contributed by atoms with Gasteiger partial charge in [-0.15, -0.1) is 13.2 Å². The molecule has 10 heteroatoms. The van der Waals surface area contributed by atoms with Crippen LogP contribution in [-0.4, -0.2) is 61.1 Å². The minimum absolute atomic E-state index is 0.210. The molecular formula is C22H24F3N3O4. The van der Waals surface area contributed by atoms with Crippen LogP contribution < -0.4 is 19.5 Å². The van der Waals surface area contributed by atoms with E-state index in [1.807, 2.05) is 25.1 Å². The number of halogens is 3. The number of alkyl halides is 3. The molecule has 0 spiro atoms. The summed E-state index contributed by atoms with van der Waals surface area (Å²) in [6.07, 6.45) is -4.75. The predicted octanol–water partition coefficient (Wildman–Crippen LogP) is 3.46. The number of anilines is 1. The zero-order chi connectivity index (χ0) is 22.7. The highest BCUT2D eigenvalue weighted by Crippen LogP contribution is 2.33. The lowest BCUT2D eigenvalue weighted by molar-refractivity contribution is -0.274. The first-order valence-corrected chi connectivity index (χ1v) is 10.3. The fourth-order valence-corrected chi connectivity index (χ4v) is 3.76. The van der Waals surface area contributed by atoms with Gasteiger partial charge in [-0.3, -0.25) is 14.6 Å². The maximum Gasteiger partial charge on any atom is 0.573 e. The molecule has 1 fully saturated rings. The molecule has 1 amide bonds. The topological polar surface area (TPSA) is 63.3 Å². The predicted molar refractivity (Wildman–Crippen MR) is 111 cm³/mol. The lowest BCUT2D eigenvalue weighted by Gasteiger charge is -2.37. The number of ether oxygens (including phenoxy) is 3. The van der Waals surface area contributed by atoms with Gasteiger partial charge in [0.05, 0.1) is 6.04 Å². The number of piperazine rings is 1. The van der Waals surface area contributed by atoms with E-state index in [1.54, 1.807) is 0 Å². The van der Waals surface area contributed by atoms with Gasteiger partial charge in [0.2, 0.25) is 12.7 Å². The van der Waals surface area contributed by atoms with Crippen LogP contribution in [0.25, 0.3) is 0 Å². The highest BCUT2D eigenvalue weighted by atomic mass is 19.4. The molecule has 2 aliphatic rings. The van der Waals surface area contributed by atoms with E-state index in [2.05, 4.69) is 19.9 Å². The summed E-state index contributed by atoms with van der Waals surface area (Å²) < 4.78 is 51.4. The minimum Gasteiger partial charge on any atom is -0.454 e. The zero-order valence-corrected chi connectivity index (χ0v) is 17.5. The highest BCUT2D eigenvalue weighted by molar-refractivity contribution is 5.94. The smallest absolute Gasteiger partial charge is 0.454 e. The van der Waals surface area contributed by atoms with Crippen LogP contribution in [0.1, 0.15) is 12.5 Å². The first kappa shape index (κ1) is 22.2. The van der Waals surface area contributed by atoms with E-state index in [1.165, 1.54) is 24.3 Å². The molecule has 4 rings (SSSR count). The number of fused-ring (bicyclic) bond motifs is 1. The van der Waals surface area contributed by atoms with Gasteiger partial charge in [0.1, 0.15) is 5.75 Å². The molecule has 1 saturated heterocycles. The normalized spacial score (nSPS) is 17.8. The van der Waals surface area contributed by atoms with E-state index in [4.69, 9.17) is 9.47 Å². The Labute approximate surface area is 183 Å². The van der Waals surface area contributed by atoms with Crippen LogP contribution in [0.15, 0.2) is 42.5 Å². The lowest BCUT2D eigenvalue weighted by atomic mass is 10.1. The molecule has 0 aromatic heterocycles. The Morgan fingerprint density at radius 1 is 1.06 bits per heavy atom. The lowest BCUT2D eigenvalue weighted by Crippen LogP contribution is -2.52. The third kappa shape index (κ3) is 5.63. The van der Waals surface area contributed by atoms with Crippen molar-refractivity contribution < 1.29 is 32.2 Å². The first-order chi connectivity index (χ1) is 15.3. The van der Waals surface area contributed by atoms with Crippen molar-refractivity contribution in [3.8, 4) is 17.2 Å². The third-order valence-corrected chi connectivity index (χ3v) is 5.53. The molecule has 7 nitrogen and oxygen atoms in total. The molecule has 32 heavy (non-hydrogen) atoms. The molecule has 1 atom stereocenters. The standard InChI is InChI=1S/C22H24F3N3O4/c1-15(21(29)26-17-3-5-18(6-4-17)32-22(23,24)25)28-10-8-27(9-11-28)13-16-2-7-19-20(12-16)31-14-30-19/h2-7,12,15H,8-11,13-14H2,1H3,(H,26,29). The molecule has 0 radical (unpaired) electrons.